The van der Waals surface area contributed by atoms with E-state index in [1.165, 1.54) is 0 Å². The molecule has 24 heavy (non-hydrogen) atoms. The average molecular weight is 326 g/mol. The minimum atomic E-state index is -0.342. The van der Waals surface area contributed by atoms with Crippen LogP contribution in [0.15, 0.2) is 47.5 Å². The molecule has 1 atom stereocenters. The number of hydrogen-bond donors (Lipinski definition) is 0. The molecule has 3 aromatic rings. The number of hydrogen-bond acceptors (Lipinski definition) is 6. The second-order valence-corrected chi connectivity index (χ2v) is 5.36. The molecule has 1 unspecified atom stereocenters. The number of amides is 1. The van der Waals surface area contributed by atoms with E-state index in [2.05, 4.69) is 20.2 Å². The van der Waals surface area contributed by atoms with Crippen molar-refractivity contribution in [2.45, 2.75) is 25.9 Å². The third kappa shape index (κ3) is 3.32. The monoisotopic (exact) mass is 326 g/mol. The SMILES string of the molecule is CCC(C(=O)N(C)Cc1nc(-c2cccnc2)no1)n1cccn1. The van der Waals surface area contributed by atoms with Crippen molar-refractivity contribution in [2.24, 2.45) is 0 Å². The summed E-state index contributed by atoms with van der Waals surface area (Å²) in [5.74, 6) is 0.778. The first-order valence-electron chi connectivity index (χ1n) is 7.66. The van der Waals surface area contributed by atoms with Gasteiger partial charge in [0.15, 0.2) is 0 Å². The van der Waals surface area contributed by atoms with Crippen molar-refractivity contribution < 1.29 is 9.32 Å². The Balaban J connectivity index is 1.69. The van der Waals surface area contributed by atoms with Crippen LogP contribution in [-0.4, -0.2) is 42.8 Å². The van der Waals surface area contributed by atoms with Crippen molar-refractivity contribution in [3.8, 4) is 11.4 Å². The van der Waals surface area contributed by atoms with Crippen molar-refractivity contribution in [1.29, 1.82) is 0 Å². The van der Waals surface area contributed by atoms with Crippen LogP contribution in [0.2, 0.25) is 0 Å². The number of rotatable bonds is 6. The Hall–Kier alpha value is -3.03. The first-order valence-corrected chi connectivity index (χ1v) is 7.66. The van der Waals surface area contributed by atoms with Gasteiger partial charge in [-0.3, -0.25) is 14.5 Å². The summed E-state index contributed by atoms with van der Waals surface area (Å²) in [5, 5.41) is 8.08. The number of carbonyl (C=O) groups excluding carboxylic acids is 1. The smallest absolute Gasteiger partial charge is 0.247 e. The van der Waals surface area contributed by atoms with E-state index >= 15 is 0 Å². The van der Waals surface area contributed by atoms with E-state index < -0.39 is 0 Å². The summed E-state index contributed by atoms with van der Waals surface area (Å²) in [4.78, 5) is 22.5. The molecule has 8 nitrogen and oxygen atoms in total. The topological polar surface area (TPSA) is 89.9 Å². The maximum atomic E-state index is 12.6. The van der Waals surface area contributed by atoms with E-state index in [-0.39, 0.29) is 18.5 Å². The Kier molecular flexibility index (Phi) is 4.64. The highest BCUT2D eigenvalue weighted by atomic mass is 16.5. The molecular formula is C16H18N6O2. The van der Waals surface area contributed by atoms with Gasteiger partial charge in [-0.1, -0.05) is 12.1 Å². The molecule has 8 heteroatoms. The van der Waals surface area contributed by atoms with Gasteiger partial charge in [-0.05, 0) is 24.6 Å². The van der Waals surface area contributed by atoms with Gasteiger partial charge in [0.2, 0.25) is 17.6 Å². The first-order chi connectivity index (χ1) is 11.7. The molecule has 0 aliphatic heterocycles. The number of aromatic nitrogens is 5. The third-order valence-electron chi connectivity index (χ3n) is 3.65. The molecule has 3 heterocycles. The van der Waals surface area contributed by atoms with Gasteiger partial charge in [-0.15, -0.1) is 0 Å². The van der Waals surface area contributed by atoms with Gasteiger partial charge >= 0.3 is 0 Å². The summed E-state index contributed by atoms with van der Waals surface area (Å²) in [7, 11) is 1.71. The second-order valence-electron chi connectivity index (χ2n) is 5.36. The van der Waals surface area contributed by atoms with Crippen LogP contribution < -0.4 is 0 Å². The van der Waals surface area contributed by atoms with Gasteiger partial charge in [0.1, 0.15) is 6.04 Å². The summed E-state index contributed by atoms with van der Waals surface area (Å²) in [6.45, 7) is 2.19. The van der Waals surface area contributed by atoms with Gasteiger partial charge in [-0.25, -0.2) is 0 Å². The lowest BCUT2D eigenvalue weighted by Crippen LogP contribution is -2.34. The van der Waals surface area contributed by atoms with Crippen molar-refractivity contribution in [2.75, 3.05) is 7.05 Å². The lowest BCUT2D eigenvalue weighted by Gasteiger charge is -2.21. The van der Waals surface area contributed by atoms with E-state index in [0.717, 1.165) is 5.56 Å². The zero-order chi connectivity index (χ0) is 16.9. The van der Waals surface area contributed by atoms with Crippen LogP contribution in [0.5, 0.6) is 0 Å². The molecule has 0 spiro atoms. The Bertz CT molecular complexity index is 784. The van der Waals surface area contributed by atoms with Gasteiger partial charge in [0.05, 0.1) is 6.54 Å². The third-order valence-corrected chi connectivity index (χ3v) is 3.65. The molecule has 0 saturated carbocycles. The highest BCUT2D eigenvalue weighted by molar-refractivity contribution is 5.79. The number of pyridine rings is 1. The standard InChI is InChI=1S/C16H18N6O2/c1-3-13(22-9-5-8-18-22)16(23)21(2)11-14-19-15(20-24-14)12-6-4-7-17-10-12/h4-10,13H,3,11H2,1-2H3. The number of likely N-dealkylation sites (N-methyl/N-ethyl adjacent to an activating group) is 1. The minimum Gasteiger partial charge on any atom is -0.337 e. The Morgan fingerprint density at radius 2 is 2.25 bits per heavy atom. The molecule has 0 N–H and O–H groups in total. The fraction of sp³-hybridized carbons (Fsp3) is 0.312. The van der Waals surface area contributed by atoms with Crippen LogP contribution in [0.3, 0.4) is 0 Å². The van der Waals surface area contributed by atoms with Gasteiger partial charge in [0, 0.05) is 37.4 Å². The lowest BCUT2D eigenvalue weighted by molar-refractivity contribution is -0.134. The van der Waals surface area contributed by atoms with E-state index in [4.69, 9.17) is 4.52 Å². The average Bonchev–Trinajstić information content (AvgIpc) is 3.28. The highest BCUT2D eigenvalue weighted by Crippen LogP contribution is 2.17. The van der Waals surface area contributed by atoms with Gasteiger partial charge < -0.3 is 9.42 Å². The maximum absolute atomic E-state index is 12.6. The molecule has 0 fully saturated rings. The van der Waals surface area contributed by atoms with E-state index in [0.29, 0.717) is 18.1 Å². The van der Waals surface area contributed by atoms with Crippen LogP contribution >= 0.6 is 0 Å². The summed E-state index contributed by atoms with van der Waals surface area (Å²) in [5.41, 5.74) is 0.768. The number of nitrogens with zero attached hydrogens (tertiary/aromatic N) is 6. The maximum Gasteiger partial charge on any atom is 0.247 e. The summed E-state index contributed by atoms with van der Waals surface area (Å²) in [6, 6.07) is 5.11. The predicted octanol–water partition coefficient (Wildman–Crippen LogP) is 1.94. The molecule has 0 aliphatic carbocycles. The van der Waals surface area contributed by atoms with Crippen LogP contribution in [0, 0.1) is 0 Å². The Morgan fingerprint density at radius 1 is 1.38 bits per heavy atom. The summed E-state index contributed by atoms with van der Waals surface area (Å²) >= 11 is 0. The van der Waals surface area contributed by atoms with E-state index in [1.54, 1.807) is 53.5 Å². The highest BCUT2D eigenvalue weighted by Gasteiger charge is 2.24. The van der Waals surface area contributed by atoms with Gasteiger partial charge in [-0.2, -0.15) is 10.1 Å². The fourth-order valence-electron chi connectivity index (χ4n) is 2.41. The minimum absolute atomic E-state index is 0.0534. The molecule has 0 saturated heterocycles. The summed E-state index contributed by atoms with van der Waals surface area (Å²) < 4.78 is 6.90. The van der Waals surface area contributed by atoms with E-state index in [9.17, 15) is 4.79 Å². The first kappa shape index (κ1) is 15.9. The molecule has 3 aromatic heterocycles. The van der Waals surface area contributed by atoms with Crippen LogP contribution in [0.4, 0.5) is 0 Å². The van der Waals surface area contributed by atoms with Crippen LogP contribution in [-0.2, 0) is 11.3 Å². The zero-order valence-electron chi connectivity index (χ0n) is 13.5. The molecule has 0 bridgehead atoms. The molecule has 3 rings (SSSR count). The lowest BCUT2D eigenvalue weighted by atomic mass is 10.2. The fourth-order valence-corrected chi connectivity index (χ4v) is 2.41. The predicted molar refractivity (Wildman–Crippen MR) is 85.6 cm³/mol. The molecule has 0 radical (unpaired) electrons. The summed E-state index contributed by atoms with van der Waals surface area (Å²) in [6.07, 6.45) is 7.43. The molecule has 124 valence electrons. The Morgan fingerprint density at radius 3 is 2.92 bits per heavy atom. The largest absolute Gasteiger partial charge is 0.337 e. The Labute approximate surface area is 139 Å². The molecular weight excluding hydrogens is 308 g/mol. The van der Waals surface area contributed by atoms with E-state index in [1.807, 2.05) is 13.0 Å². The quantitative estimate of drug-likeness (QED) is 0.687. The van der Waals surface area contributed by atoms with Gasteiger partial charge in [0.25, 0.3) is 0 Å². The van der Waals surface area contributed by atoms with Crippen molar-refractivity contribution >= 4 is 5.91 Å². The van der Waals surface area contributed by atoms with Crippen LogP contribution in [0.1, 0.15) is 25.3 Å². The zero-order valence-corrected chi connectivity index (χ0v) is 13.5. The van der Waals surface area contributed by atoms with Crippen LogP contribution in [0.25, 0.3) is 11.4 Å². The van der Waals surface area contributed by atoms with Crippen molar-refractivity contribution in [3.05, 3.63) is 48.9 Å². The normalized spacial score (nSPS) is 12.1. The molecule has 0 aromatic carbocycles. The second kappa shape index (κ2) is 7.03. The number of carbonyl (C=O) groups is 1. The van der Waals surface area contributed by atoms with Crippen molar-refractivity contribution in [3.63, 3.8) is 0 Å². The molecule has 1 amide bonds. The molecule has 0 aliphatic rings. The van der Waals surface area contributed by atoms with Crippen molar-refractivity contribution in [1.82, 2.24) is 29.8 Å².